The van der Waals surface area contributed by atoms with E-state index in [-0.39, 0.29) is 25.0 Å². The van der Waals surface area contributed by atoms with Gasteiger partial charge in [0.2, 0.25) is 0 Å². The number of hydrogen-bond acceptors (Lipinski definition) is 12. The second kappa shape index (κ2) is 10.9. The van der Waals surface area contributed by atoms with Crippen LogP contribution in [0.4, 0.5) is 0 Å². The molecule has 12 nitrogen and oxygen atoms in total. The molecule has 6 aliphatic rings. The molecule has 7 rings (SSSR count). The second-order valence-electron chi connectivity index (χ2n) is 14.4. The maximum atomic E-state index is 13.8. The minimum absolute atomic E-state index is 0.0791. The van der Waals surface area contributed by atoms with Gasteiger partial charge in [-0.3, -0.25) is 9.69 Å². The van der Waals surface area contributed by atoms with Gasteiger partial charge in [-0.25, -0.2) is 4.79 Å². The molecule has 0 radical (unpaired) electrons. The number of esters is 2. The van der Waals surface area contributed by atoms with E-state index >= 15 is 0 Å². The van der Waals surface area contributed by atoms with Gasteiger partial charge in [0.1, 0.15) is 23.9 Å². The molecule has 1 aromatic rings. The number of fused-ring (bicyclic) bond motifs is 2. The van der Waals surface area contributed by atoms with Gasteiger partial charge >= 0.3 is 11.9 Å². The van der Waals surface area contributed by atoms with Crippen LogP contribution >= 0.6 is 0 Å². The maximum absolute atomic E-state index is 13.8. The lowest BCUT2D eigenvalue weighted by molar-refractivity contribution is -0.322. The fourth-order valence-corrected chi connectivity index (χ4v) is 12.3. The van der Waals surface area contributed by atoms with Crippen molar-refractivity contribution < 1.29 is 53.3 Å². The molecule has 1 aliphatic heterocycles. The van der Waals surface area contributed by atoms with Crippen LogP contribution in [0.25, 0.3) is 0 Å². The van der Waals surface area contributed by atoms with E-state index in [1.54, 1.807) is 51.7 Å². The standard InChI is InChI=1S/C34H47NO11/c1-7-35-15-31(16-41-3)20(37)13-21(42-4)33-19-14-32(40)28(45-30(39)18-11-9-8-10-12-18)22(19)34(46-17(2)36,27(38)29(32)44-6)23(26(33)35)24(43-5)25(31)33/h8-12,19-29,37-38,40H,7,13-16H2,1-6H3/t19?,20-,21+,22?,23?,24+,25?,26-,27+,28-,29+,31+,32+,33+,34-/m1/s1. The Balaban J connectivity index is 1.53. The SMILES string of the molecule is CCN1C[C@@]2(COC)C3[C@@H](OC)C4[C@@H]1[C@@]3(C1C[C@]3(O)[C@H](OC(=O)c5ccccc5)C1[C@]4(OC(C)=O)[C@@H](O)[C@@H]3OC)[C@@H](OC)C[C@H]2O. The Morgan fingerprint density at radius 2 is 1.72 bits per heavy atom. The topological polar surface area (TPSA) is 153 Å². The number of rotatable bonds is 9. The molecule has 6 fully saturated rings. The average molecular weight is 646 g/mol. The Hall–Kier alpha value is -2.16. The summed E-state index contributed by atoms with van der Waals surface area (Å²) < 4.78 is 37.4. The van der Waals surface area contributed by atoms with Gasteiger partial charge < -0.3 is 43.7 Å². The van der Waals surface area contributed by atoms with Crippen LogP contribution in [0.3, 0.4) is 0 Å². The molecular weight excluding hydrogens is 598 g/mol. The van der Waals surface area contributed by atoms with E-state index in [1.807, 2.05) is 6.92 Å². The van der Waals surface area contributed by atoms with Gasteiger partial charge in [-0.2, -0.15) is 0 Å². The van der Waals surface area contributed by atoms with Crippen molar-refractivity contribution in [3.63, 3.8) is 0 Å². The molecule has 1 aromatic carbocycles. The van der Waals surface area contributed by atoms with Gasteiger partial charge in [-0.1, -0.05) is 25.1 Å². The van der Waals surface area contributed by atoms with Crippen molar-refractivity contribution in [1.29, 1.82) is 0 Å². The summed E-state index contributed by atoms with van der Waals surface area (Å²) in [4.78, 5) is 29.3. The van der Waals surface area contributed by atoms with Crippen molar-refractivity contribution in [3.05, 3.63) is 35.9 Å². The molecule has 12 heteroatoms. The molecule has 254 valence electrons. The highest BCUT2D eigenvalue weighted by atomic mass is 16.6. The van der Waals surface area contributed by atoms with Crippen molar-refractivity contribution in [2.75, 3.05) is 48.1 Å². The molecule has 46 heavy (non-hydrogen) atoms. The number of carbonyl (C=O) groups is 2. The lowest BCUT2D eigenvalue weighted by atomic mass is 9.42. The maximum Gasteiger partial charge on any atom is 0.338 e. The second-order valence-corrected chi connectivity index (χ2v) is 14.4. The molecule has 1 spiro atoms. The molecule has 15 atom stereocenters. The van der Waals surface area contributed by atoms with E-state index in [0.717, 1.165) is 0 Å². The fourth-order valence-electron chi connectivity index (χ4n) is 12.3. The summed E-state index contributed by atoms with van der Waals surface area (Å²) in [6, 6.07) is 8.18. The molecule has 7 bridgehead atoms. The smallest absolute Gasteiger partial charge is 0.338 e. The van der Waals surface area contributed by atoms with Crippen LogP contribution in [0.5, 0.6) is 0 Å². The highest BCUT2D eigenvalue weighted by Gasteiger charge is 2.92. The molecule has 0 amide bonds. The lowest BCUT2D eigenvalue weighted by Gasteiger charge is -2.70. The van der Waals surface area contributed by atoms with Crippen LogP contribution in [-0.2, 0) is 33.2 Å². The number of hydrogen-bond donors (Lipinski definition) is 3. The Kier molecular flexibility index (Phi) is 7.69. The van der Waals surface area contributed by atoms with E-state index < -0.39 is 88.3 Å². The number of ether oxygens (including phenoxy) is 6. The summed E-state index contributed by atoms with van der Waals surface area (Å²) in [5.74, 6) is -3.65. The summed E-state index contributed by atoms with van der Waals surface area (Å²) in [5, 5.41) is 37.3. The largest absolute Gasteiger partial charge is 0.455 e. The van der Waals surface area contributed by atoms with Gasteiger partial charge in [-0.05, 0) is 31.0 Å². The first-order valence-electron chi connectivity index (χ1n) is 16.3. The molecule has 1 saturated heterocycles. The molecule has 4 unspecified atom stereocenters. The number of carbonyl (C=O) groups excluding carboxylic acids is 2. The molecule has 3 N–H and O–H groups in total. The molecule has 5 saturated carbocycles. The number of aliphatic hydroxyl groups is 3. The highest BCUT2D eigenvalue weighted by molar-refractivity contribution is 5.89. The van der Waals surface area contributed by atoms with E-state index in [0.29, 0.717) is 25.1 Å². The zero-order valence-electron chi connectivity index (χ0n) is 27.3. The first-order chi connectivity index (χ1) is 22.0. The van der Waals surface area contributed by atoms with Crippen LogP contribution in [0.15, 0.2) is 30.3 Å². The minimum Gasteiger partial charge on any atom is -0.455 e. The van der Waals surface area contributed by atoms with Gasteiger partial charge in [0.15, 0.2) is 5.60 Å². The van der Waals surface area contributed by atoms with Crippen LogP contribution in [-0.4, -0.2) is 134 Å². The highest BCUT2D eigenvalue weighted by Crippen LogP contribution is 2.80. The van der Waals surface area contributed by atoms with Gasteiger partial charge in [0, 0.05) is 83.0 Å². The minimum atomic E-state index is -1.83. The van der Waals surface area contributed by atoms with Crippen LogP contribution < -0.4 is 0 Å². The summed E-state index contributed by atoms with van der Waals surface area (Å²) in [6.07, 6.45) is -5.49. The fraction of sp³-hybridized carbons (Fsp3) is 0.765. The van der Waals surface area contributed by atoms with E-state index in [4.69, 9.17) is 28.4 Å². The Labute approximate surface area is 269 Å². The third-order valence-corrected chi connectivity index (χ3v) is 13.2. The lowest BCUT2D eigenvalue weighted by Crippen LogP contribution is -2.81. The molecule has 5 aliphatic carbocycles. The molecule has 0 aromatic heterocycles. The first-order valence-corrected chi connectivity index (χ1v) is 16.3. The summed E-state index contributed by atoms with van der Waals surface area (Å²) >= 11 is 0. The third kappa shape index (κ3) is 3.62. The van der Waals surface area contributed by atoms with E-state index in [1.165, 1.54) is 14.0 Å². The van der Waals surface area contributed by atoms with Gasteiger partial charge in [-0.15, -0.1) is 0 Å². The predicted octanol–water partition coefficient (Wildman–Crippen LogP) is 0.648. The average Bonchev–Trinajstić information content (AvgIpc) is 3.41. The van der Waals surface area contributed by atoms with Crippen LogP contribution in [0.1, 0.15) is 37.0 Å². The van der Waals surface area contributed by atoms with Crippen LogP contribution in [0, 0.1) is 34.5 Å². The number of benzene rings is 1. The zero-order chi connectivity index (χ0) is 33.0. The van der Waals surface area contributed by atoms with Crippen molar-refractivity contribution in [2.24, 2.45) is 34.5 Å². The number of piperidine rings is 1. The summed E-state index contributed by atoms with van der Waals surface area (Å²) in [5.41, 5.74) is -4.79. The third-order valence-electron chi connectivity index (χ3n) is 13.2. The monoisotopic (exact) mass is 645 g/mol. The summed E-state index contributed by atoms with van der Waals surface area (Å²) in [6.45, 7) is 4.68. The van der Waals surface area contributed by atoms with Crippen molar-refractivity contribution in [3.8, 4) is 0 Å². The zero-order valence-corrected chi connectivity index (χ0v) is 27.3. The van der Waals surface area contributed by atoms with Crippen molar-refractivity contribution in [2.45, 2.75) is 80.6 Å². The predicted molar refractivity (Wildman–Crippen MR) is 160 cm³/mol. The van der Waals surface area contributed by atoms with E-state index in [2.05, 4.69) is 4.90 Å². The molecule has 1 heterocycles. The summed E-state index contributed by atoms with van der Waals surface area (Å²) in [7, 11) is 6.27. The Morgan fingerprint density at radius 3 is 2.30 bits per heavy atom. The van der Waals surface area contributed by atoms with E-state index in [9.17, 15) is 24.9 Å². The number of methoxy groups -OCH3 is 4. The van der Waals surface area contributed by atoms with Gasteiger partial charge in [0.05, 0.1) is 30.5 Å². The van der Waals surface area contributed by atoms with Crippen molar-refractivity contribution >= 4 is 11.9 Å². The normalized spacial score (nSPS) is 49.9. The van der Waals surface area contributed by atoms with Crippen LogP contribution in [0.2, 0.25) is 0 Å². The van der Waals surface area contributed by atoms with Crippen molar-refractivity contribution in [1.82, 2.24) is 4.90 Å². The number of nitrogens with zero attached hydrogens (tertiary/aromatic N) is 1. The Bertz CT molecular complexity index is 1360. The first kappa shape index (κ1) is 32.4. The van der Waals surface area contributed by atoms with Gasteiger partial charge in [0.25, 0.3) is 0 Å². The molecular formula is C34H47NO11. The number of aliphatic hydroxyl groups excluding tert-OH is 2. The Morgan fingerprint density at radius 1 is 1.00 bits per heavy atom. The quantitative estimate of drug-likeness (QED) is 0.323. The number of likely N-dealkylation sites (tertiary alicyclic amines) is 1.